The summed E-state index contributed by atoms with van der Waals surface area (Å²) in [7, 11) is 0. The van der Waals surface area contributed by atoms with E-state index < -0.39 is 0 Å². The summed E-state index contributed by atoms with van der Waals surface area (Å²) in [5, 5.41) is 0. The van der Waals surface area contributed by atoms with Crippen LogP contribution in [-0.2, 0) is 17.7 Å². The summed E-state index contributed by atoms with van der Waals surface area (Å²) in [5.41, 5.74) is 3.48. The molecule has 15 heavy (non-hydrogen) atoms. The van der Waals surface area contributed by atoms with Gasteiger partial charge >= 0.3 is 0 Å². The minimum absolute atomic E-state index is 0.410. The van der Waals surface area contributed by atoms with Gasteiger partial charge in [-0.05, 0) is 48.1 Å². The van der Waals surface area contributed by atoms with Crippen molar-refractivity contribution in [3.63, 3.8) is 0 Å². The highest BCUT2D eigenvalue weighted by molar-refractivity contribution is 5.33. The topological polar surface area (TPSA) is 35.2 Å². The fourth-order valence-electron chi connectivity index (χ4n) is 2.99. The molecule has 0 aliphatic heterocycles. The van der Waals surface area contributed by atoms with Crippen LogP contribution in [0.15, 0.2) is 24.3 Å². The Morgan fingerprint density at radius 1 is 1.20 bits per heavy atom. The molecule has 0 bridgehead atoms. The SMILES string of the molecule is NOCC1(C2Cc3ccccc3C2)CC1. The Balaban J connectivity index is 1.79. The van der Waals surface area contributed by atoms with Crippen LogP contribution >= 0.6 is 0 Å². The molecular formula is C13H17NO. The molecule has 1 aromatic carbocycles. The van der Waals surface area contributed by atoms with Crippen LogP contribution in [0.3, 0.4) is 0 Å². The first kappa shape index (κ1) is 9.37. The largest absolute Gasteiger partial charge is 0.304 e. The molecule has 2 aliphatic rings. The van der Waals surface area contributed by atoms with E-state index in [2.05, 4.69) is 24.3 Å². The van der Waals surface area contributed by atoms with E-state index in [0.29, 0.717) is 5.41 Å². The minimum atomic E-state index is 0.410. The highest BCUT2D eigenvalue weighted by atomic mass is 16.6. The van der Waals surface area contributed by atoms with Crippen molar-refractivity contribution in [2.45, 2.75) is 25.7 Å². The van der Waals surface area contributed by atoms with E-state index in [1.54, 1.807) is 0 Å². The zero-order valence-electron chi connectivity index (χ0n) is 8.91. The summed E-state index contributed by atoms with van der Waals surface area (Å²) in [4.78, 5) is 4.88. The predicted octanol–water partition coefficient (Wildman–Crippen LogP) is 2.07. The van der Waals surface area contributed by atoms with Gasteiger partial charge in [0.2, 0.25) is 0 Å². The third kappa shape index (κ3) is 1.48. The first-order valence-electron chi connectivity index (χ1n) is 5.72. The smallest absolute Gasteiger partial charge is 0.0738 e. The Labute approximate surface area is 90.4 Å². The predicted molar refractivity (Wildman–Crippen MR) is 59.1 cm³/mol. The maximum atomic E-state index is 5.23. The van der Waals surface area contributed by atoms with Gasteiger partial charge < -0.3 is 4.84 Å². The zero-order chi connectivity index (χ0) is 10.3. The Hall–Kier alpha value is -0.860. The summed E-state index contributed by atoms with van der Waals surface area (Å²) in [5.74, 6) is 5.99. The zero-order valence-corrected chi connectivity index (χ0v) is 8.91. The van der Waals surface area contributed by atoms with Crippen molar-refractivity contribution in [2.75, 3.05) is 6.61 Å². The first-order chi connectivity index (χ1) is 7.34. The van der Waals surface area contributed by atoms with Gasteiger partial charge in [0.25, 0.3) is 0 Å². The van der Waals surface area contributed by atoms with Crippen molar-refractivity contribution < 1.29 is 4.84 Å². The molecule has 2 aliphatic carbocycles. The molecule has 2 N–H and O–H groups in total. The fraction of sp³-hybridized carbons (Fsp3) is 0.538. The van der Waals surface area contributed by atoms with Crippen molar-refractivity contribution in [3.8, 4) is 0 Å². The monoisotopic (exact) mass is 203 g/mol. The molecule has 80 valence electrons. The molecule has 0 unspecified atom stereocenters. The summed E-state index contributed by atoms with van der Waals surface area (Å²) in [6.07, 6.45) is 5.03. The maximum Gasteiger partial charge on any atom is 0.0738 e. The Kier molecular flexibility index (Phi) is 2.08. The number of nitrogens with two attached hydrogens (primary N) is 1. The molecule has 0 aromatic heterocycles. The Morgan fingerprint density at radius 2 is 1.80 bits per heavy atom. The average Bonchev–Trinajstić information content (AvgIpc) is 2.91. The summed E-state index contributed by atoms with van der Waals surface area (Å²) < 4.78 is 0. The van der Waals surface area contributed by atoms with E-state index in [1.807, 2.05) is 0 Å². The van der Waals surface area contributed by atoms with Crippen LogP contribution in [0.2, 0.25) is 0 Å². The van der Waals surface area contributed by atoms with Gasteiger partial charge in [0.15, 0.2) is 0 Å². The summed E-state index contributed by atoms with van der Waals surface area (Å²) >= 11 is 0. The van der Waals surface area contributed by atoms with Crippen molar-refractivity contribution in [3.05, 3.63) is 35.4 Å². The molecule has 0 radical (unpaired) electrons. The Morgan fingerprint density at radius 3 is 2.27 bits per heavy atom. The number of fused-ring (bicyclic) bond motifs is 1. The van der Waals surface area contributed by atoms with Gasteiger partial charge in [0.05, 0.1) is 6.61 Å². The number of benzene rings is 1. The molecule has 0 saturated heterocycles. The molecule has 0 heterocycles. The summed E-state index contributed by atoms with van der Waals surface area (Å²) in [6, 6.07) is 8.80. The van der Waals surface area contributed by atoms with Crippen LogP contribution in [-0.4, -0.2) is 6.61 Å². The van der Waals surface area contributed by atoms with Gasteiger partial charge in [-0.1, -0.05) is 24.3 Å². The number of hydrogen-bond donors (Lipinski definition) is 1. The van der Waals surface area contributed by atoms with E-state index in [9.17, 15) is 0 Å². The molecule has 0 atom stereocenters. The quantitative estimate of drug-likeness (QED) is 0.763. The lowest BCUT2D eigenvalue weighted by atomic mass is 9.87. The molecule has 1 aromatic rings. The third-order valence-corrected chi connectivity index (χ3v) is 4.18. The van der Waals surface area contributed by atoms with Gasteiger partial charge in [0, 0.05) is 0 Å². The highest BCUT2D eigenvalue weighted by Crippen LogP contribution is 2.55. The fourth-order valence-corrected chi connectivity index (χ4v) is 2.99. The highest BCUT2D eigenvalue weighted by Gasteiger charge is 2.50. The molecule has 3 rings (SSSR count). The van der Waals surface area contributed by atoms with Gasteiger partial charge in [-0.15, -0.1) is 0 Å². The van der Waals surface area contributed by atoms with Gasteiger partial charge in [-0.3, -0.25) is 0 Å². The lowest BCUT2D eigenvalue weighted by Gasteiger charge is -2.20. The van der Waals surface area contributed by atoms with Crippen LogP contribution in [0.4, 0.5) is 0 Å². The van der Waals surface area contributed by atoms with Crippen molar-refractivity contribution in [2.24, 2.45) is 17.2 Å². The second-order valence-corrected chi connectivity index (χ2v) is 5.05. The molecule has 1 saturated carbocycles. The van der Waals surface area contributed by atoms with E-state index in [1.165, 1.54) is 36.8 Å². The molecule has 2 heteroatoms. The van der Waals surface area contributed by atoms with Crippen LogP contribution in [0.1, 0.15) is 24.0 Å². The van der Waals surface area contributed by atoms with Gasteiger partial charge in [-0.25, -0.2) is 5.90 Å². The van der Waals surface area contributed by atoms with E-state index in [0.717, 1.165) is 12.5 Å². The normalized spacial score (nSPS) is 22.7. The lowest BCUT2D eigenvalue weighted by molar-refractivity contribution is 0.0666. The van der Waals surface area contributed by atoms with Crippen LogP contribution in [0.25, 0.3) is 0 Å². The minimum Gasteiger partial charge on any atom is -0.304 e. The van der Waals surface area contributed by atoms with Crippen LogP contribution < -0.4 is 5.90 Å². The second kappa shape index (κ2) is 3.32. The standard InChI is InChI=1S/C13H17NO/c14-15-9-13(5-6-13)12-7-10-3-1-2-4-11(10)8-12/h1-4,12H,5-9,14H2. The number of rotatable bonds is 3. The molecule has 2 nitrogen and oxygen atoms in total. The van der Waals surface area contributed by atoms with Crippen molar-refractivity contribution in [1.82, 2.24) is 0 Å². The van der Waals surface area contributed by atoms with Crippen LogP contribution in [0.5, 0.6) is 0 Å². The maximum absolute atomic E-state index is 5.23. The van der Waals surface area contributed by atoms with Crippen molar-refractivity contribution in [1.29, 1.82) is 0 Å². The molecule has 0 spiro atoms. The second-order valence-electron chi connectivity index (χ2n) is 5.05. The van der Waals surface area contributed by atoms with E-state index in [-0.39, 0.29) is 0 Å². The number of hydrogen-bond acceptors (Lipinski definition) is 2. The molecule has 1 fully saturated rings. The van der Waals surface area contributed by atoms with Gasteiger partial charge in [-0.2, -0.15) is 0 Å². The average molecular weight is 203 g/mol. The Bertz CT molecular complexity index is 346. The lowest BCUT2D eigenvalue weighted by Crippen LogP contribution is -2.24. The van der Waals surface area contributed by atoms with Gasteiger partial charge in [0.1, 0.15) is 0 Å². The third-order valence-electron chi connectivity index (χ3n) is 4.18. The first-order valence-corrected chi connectivity index (χ1v) is 5.72. The van der Waals surface area contributed by atoms with E-state index in [4.69, 9.17) is 10.7 Å². The van der Waals surface area contributed by atoms with E-state index >= 15 is 0 Å². The molecular weight excluding hydrogens is 186 g/mol. The van der Waals surface area contributed by atoms with Crippen molar-refractivity contribution >= 4 is 0 Å². The molecule has 0 amide bonds. The summed E-state index contributed by atoms with van der Waals surface area (Å²) in [6.45, 7) is 0.742. The van der Waals surface area contributed by atoms with Crippen LogP contribution in [0, 0.1) is 11.3 Å².